The lowest BCUT2D eigenvalue weighted by atomic mass is 10.3. The minimum absolute atomic E-state index is 0.439. The number of amides is 1. The van der Waals surface area contributed by atoms with Gasteiger partial charge in [0.05, 0.1) is 18.9 Å². The first-order valence-electron chi connectivity index (χ1n) is 5.93. The van der Waals surface area contributed by atoms with Gasteiger partial charge in [0.2, 0.25) is 0 Å². The minimum atomic E-state index is -0.439. The van der Waals surface area contributed by atoms with Gasteiger partial charge >= 0.3 is 6.09 Å². The van der Waals surface area contributed by atoms with E-state index in [1.807, 2.05) is 32.0 Å². The number of unbranched alkanes of at least 4 members (excludes halogenated alkanes) is 1. The number of nitrogens with one attached hydrogen (secondary N) is 1. The predicted octanol–water partition coefficient (Wildman–Crippen LogP) is 3.43. The Balaban J connectivity index is 2.52. The molecule has 1 N–H and O–H groups in total. The Hall–Kier alpha value is -1.71. The number of benzene rings is 1. The number of anilines is 1. The molecule has 4 nitrogen and oxygen atoms in total. The minimum Gasteiger partial charge on any atom is -0.492 e. The van der Waals surface area contributed by atoms with Crippen molar-refractivity contribution in [2.45, 2.75) is 26.7 Å². The Morgan fingerprint density at radius 3 is 2.76 bits per heavy atom. The maximum Gasteiger partial charge on any atom is 0.411 e. The number of para-hydroxylation sites is 2. The van der Waals surface area contributed by atoms with E-state index in [0.717, 1.165) is 12.8 Å². The summed E-state index contributed by atoms with van der Waals surface area (Å²) in [5, 5.41) is 2.67. The van der Waals surface area contributed by atoms with E-state index in [4.69, 9.17) is 9.47 Å². The molecule has 4 heteroatoms. The second-order valence-corrected chi connectivity index (χ2v) is 3.54. The summed E-state index contributed by atoms with van der Waals surface area (Å²) >= 11 is 0. The van der Waals surface area contributed by atoms with Crippen molar-refractivity contribution in [1.29, 1.82) is 0 Å². The first kappa shape index (κ1) is 13.4. The quantitative estimate of drug-likeness (QED) is 0.771. The molecule has 0 fully saturated rings. The van der Waals surface area contributed by atoms with E-state index < -0.39 is 6.09 Å². The molecule has 17 heavy (non-hydrogen) atoms. The van der Waals surface area contributed by atoms with Gasteiger partial charge in [0.15, 0.2) is 0 Å². The zero-order valence-electron chi connectivity index (χ0n) is 10.4. The largest absolute Gasteiger partial charge is 0.492 e. The zero-order valence-corrected chi connectivity index (χ0v) is 10.4. The molecule has 0 saturated carbocycles. The van der Waals surface area contributed by atoms with Crippen LogP contribution in [0, 0.1) is 0 Å². The average molecular weight is 237 g/mol. The van der Waals surface area contributed by atoms with Crippen LogP contribution < -0.4 is 10.1 Å². The van der Waals surface area contributed by atoms with Crippen LogP contribution in [0.25, 0.3) is 0 Å². The maximum absolute atomic E-state index is 11.5. The van der Waals surface area contributed by atoms with Crippen molar-refractivity contribution >= 4 is 11.8 Å². The lowest BCUT2D eigenvalue weighted by molar-refractivity contribution is 0.159. The molecule has 1 amide bonds. The van der Waals surface area contributed by atoms with Crippen LogP contribution in [0.3, 0.4) is 0 Å². The topological polar surface area (TPSA) is 47.6 Å². The summed E-state index contributed by atoms with van der Waals surface area (Å²) in [6.45, 7) is 4.95. The predicted molar refractivity (Wildman–Crippen MR) is 67.5 cm³/mol. The molecule has 0 unspecified atom stereocenters. The molecule has 94 valence electrons. The van der Waals surface area contributed by atoms with Gasteiger partial charge < -0.3 is 9.47 Å². The first-order chi connectivity index (χ1) is 8.27. The van der Waals surface area contributed by atoms with Crippen LogP contribution in [-0.2, 0) is 4.74 Å². The number of carbonyl (C=O) groups is 1. The van der Waals surface area contributed by atoms with E-state index in [1.54, 1.807) is 6.07 Å². The molecule has 0 bridgehead atoms. The summed E-state index contributed by atoms with van der Waals surface area (Å²) in [6, 6.07) is 7.29. The van der Waals surface area contributed by atoms with Crippen LogP contribution >= 0.6 is 0 Å². The standard InChI is InChI=1S/C13H19NO3/c1-3-5-10-17-13(15)14-11-8-6-7-9-12(11)16-4-2/h6-9H,3-5,10H2,1-2H3,(H,14,15). The third-order valence-electron chi connectivity index (χ3n) is 2.15. The second kappa shape index (κ2) is 7.54. The number of hydrogen-bond acceptors (Lipinski definition) is 3. The van der Waals surface area contributed by atoms with E-state index in [1.165, 1.54) is 0 Å². The van der Waals surface area contributed by atoms with Gasteiger partial charge in [0.1, 0.15) is 5.75 Å². The van der Waals surface area contributed by atoms with Crippen molar-refractivity contribution in [3.63, 3.8) is 0 Å². The monoisotopic (exact) mass is 237 g/mol. The van der Waals surface area contributed by atoms with Crippen molar-refractivity contribution in [2.24, 2.45) is 0 Å². The summed E-state index contributed by atoms with van der Waals surface area (Å²) in [5.41, 5.74) is 0.635. The highest BCUT2D eigenvalue weighted by Gasteiger charge is 2.07. The second-order valence-electron chi connectivity index (χ2n) is 3.54. The van der Waals surface area contributed by atoms with Crippen LogP contribution in [-0.4, -0.2) is 19.3 Å². The number of hydrogen-bond donors (Lipinski definition) is 1. The van der Waals surface area contributed by atoms with Crippen LogP contribution in [0.2, 0.25) is 0 Å². The molecule has 0 atom stereocenters. The van der Waals surface area contributed by atoms with Crippen LogP contribution in [0.5, 0.6) is 5.75 Å². The fraction of sp³-hybridized carbons (Fsp3) is 0.462. The molecule has 0 aliphatic carbocycles. The summed E-state index contributed by atoms with van der Waals surface area (Å²) in [4.78, 5) is 11.5. The SMILES string of the molecule is CCCCOC(=O)Nc1ccccc1OCC. The molecule has 0 heterocycles. The van der Waals surface area contributed by atoms with Crippen molar-refractivity contribution in [1.82, 2.24) is 0 Å². The molecule has 0 aromatic heterocycles. The van der Waals surface area contributed by atoms with E-state index >= 15 is 0 Å². The highest BCUT2D eigenvalue weighted by atomic mass is 16.5. The Morgan fingerprint density at radius 1 is 1.29 bits per heavy atom. The van der Waals surface area contributed by atoms with Crippen molar-refractivity contribution in [2.75, 3.05) is 18.5 Å². The highest BCUT2D eigenvalue weighted by molar-refractivity contribution is 5.86. The van der Waals surface area contributed by atoms with Gasteiger partial charge in [-0.1, -0.05) is 25.5 Å². The summed E-state index contributed by atoms with van der Waals surface area (Å²) in [5.74, 6) is 0.655. The van der Waals surface area contributed by atoms with Crippen LogP contribution in [0.4, 0.5) is 10.5 Å². The smallest absolute Gasteiger partial charge is 0.411 e. The van der Waals surface area contributed by atoms with Crippen LogP contribution in [0.15, 0.2) is 24.3 Å². The molecule has 0 aliphatic rings. The van der Waals surface area contributed by atoms with E-state index in [9.17, 15) is 4.79 Å². The van der Waals surface area contributed by atoms with E-state index in [-0.39, 0.29) is 0 Å². The molecular weight excluding hydrogens is 218 g/mol. The van der Waals surface area contributed by atoms with Gasteiger partial charge in [-0.05, 0) is 25.5 Å². The Kier molecular flexibility index (Phi) is 5.93. The molecule has 0 radical (unpaired) electrons. The van der Waals surface area contributed by atoms with Gasteiger partial charge in [0.25, 0.3) is 0 Å². The molecular formula is C13H19NO3. The summed E-state index contributed by atoms with van der Waals surface area (Å²) in [7, 11) is 0. The fourth-order valence-electron chi connectivity index (χ4n) is 1.31. The normalized spacial score (nSPS) is 9.76. The fourth-order valence-corrected chi connectivity index (χ4v) is 1.31. The Morgan fingerprint density at radius 2 is 2.06 bits per heavy atom. The maximum atomic E-state index is 11.5. The van der Waals surface area contributed by atoms with Gasteiger partial charge in [-0.25, -0.2) is 4.79 Å². The Bertz CT molecular complexity index is 352. The van der Waals surface area contributed by atoms with Gasteiger partial charge in [-0.3, -0.25) is 5.32 Å². The van der Waals surface area contributed by atoms with Crippen molar-refractivity contribution in [3.8, 4) is 5.75 Å². The average Bonchev–Trinajstić information content (AvgIpc) is 2.32. The van der Waals surface area contributed by atoms with Crippen molar-refractivity contribution < 1.29 is 14.3 Å². The highest BCUT2D eigenvalue weighted by Crippen LogP contribution is 2.23. The van der Waals surface area contributed by atoms with Gasteiger partial charge in [-0.15, -0.1) is 0 Å². The molecule has 1 aromatic carbocycles. The third-order valence-corrected chi connectivity index (χ3v) is 2.15. The van der Waals surface area contributed by atoms with Crippen LogP contribution in [0.1, 0.15) is 26.7 Å². The molecule has 1 aromatic rings. The van der Waals surface area contributed by atoms with E-state index in [0.29, 0.717) is 24.7 Å². The number of ether oxygens (including phenoxy) is 2. The molecule has 0 saturated heterocycles. The lowest BCUT2D eigenvalue weighted by Crippen LogP contribution is -2.15. The van der Waals surface area contributed by atoms with E-state index in [2.05, 4.69) is 5.32 Å². The number of carbonyl (C=O) groups excluding carboxylic acids is 1. The Labute approximate surface area is 102 Å². The summed E-state index contributed by atoms with van der Waals surface area (Å²) < 4.78 is 10.4. The molecule has 0 aliphatic heterocycles. The third kappa shape index (κ3) is 4.76. The first-order valence-corrected chi connectivity index (χ1v) is 5.93. The van der Waals surface area contributed by atoms with Gasteiger partial charge in [-0.2, -0.15) is 0 Å². The lowest BCUT2D eigenvalue weighted by Gasteiger charge is -2.11. The number of rotatable bonds is 6. The summed E-state index contributed by atoms with van der Waals surface area (Å²) in [6.07, 6.45) is 1.44. The van der Waals surface area contributed by atoms with Crippen molar-refractivity contribution in [3.05, 3.63) is 24.3 Å². The zero-order chi connectivity index (χ0) is 12.5. The van der Waals surface area contributed by atoms with Gasteiger partial charge in [0, 0.05) is 0 Å². The molecule has 0 spiro atoms. The molecule has 1 rings (SSSR count).